The number of carbonyl (C=O) groups excluding carboxylic acids is 2. The Balaban J connectivity index is 1.92. The van der Waals surface area contributed by atoms with E-state index in [0.29, 0.717) is 28.6 Å². The molecule has 7 heteroatoms. The van der Waals surface area contributed by atoms with E-state index in [4.69, 9.17) is 9.47 Å². The molecule has 0 radical (unpaired) electrons. The first-order valence-electron chi connectivity index (χ1n) is 8.34. The summed E-state index contributed by atoms with van der Waals surface area (Å²) in [5, 5.41) is 6.34. The van der Waals surface area contributed by atoms with E-state index in [2.05, 4.69) is 10.6 Å². The van der Waals surface area contributed by atoms with Gasteiger partial charge in [0, 0.05) is 30.7 Å². The Labute approximate surface area is 156 Å². The monoisotopic (exact) mass is 367 g/mol. The molecule has 3 aromatic rings. The highest BCUT2D eigenvalue weighted by atomic mass is 16.5. The Morgan fingerprint density at radius 2 is 1.44 bits per heavy atom. The van der Waals surface area contributed by atoms with Crippen molar-refractivity contribution in [2.45, 2.75) is 6.92 Å². The summed E-state index contributed by atoms with van der Waals surface area (Å²) in [6.07, 6.45) is 0. The second-order valence-corrected chi connectivity index (χ2v) is 6.03. The average molecular weight is 367 g/mol. The number of nitrogens with one attached hydrogen (secondary N) is 2. The molecular formula is C20H21N3O4. The molecule has 1 aromatic heterocycles. The third-order valence-corrected chi connectivity index (χ3v) is 4.25. The minimum atomic E-state index is -0.259. The number of ether oxygens (including phenoxy) is 2. The topological polar surface area (TPSA) is 81.6 Å². The molecule has 140 valence electrons. The van der Waals surface area contributed by atoms with Gasteiger partial charge in [-0.2, -0.15) is 0 Å². The molecule has 0 aliphatic carbocycles. The molecule has 2 aromatic carbocycles. The molecule has 0 aliphatic heterocycles. The van der Waals surface area contributed by atoms with Gasteiger partial charge < -0.3 is 24.7 Å². The fraction of sp³-hybridized carbons (Fsp3) is 0.200. The zero-order chi connectivity index (χ0) is 19.6. The molecule has 0 saturated heterocycles. The molecule has 0 aliphatic rings. The number of rotatable bonds is 5. The number of methoxy groups -OCH3 is 2. The standard InChI is InChI=1S/C20H21N3O4/c1-12(24)21-13-5-7-14(8-6-13)22-20(25)16-11-15-17(26-3)9-10-18(27-4)19(15)23(16)2/h5-11H,1-4H3,(H,21,24)(H,22,25). The Kier molecular flexibility index (Phi) is 5.03. The van der Waals surface area contributed by atoms with Gasteiger partial charge in [0.05, 0.1) is 19.7 Å². The minimum Gasteiger partial charge on any atom is -0.496 e. The number of carbonyl (C=O) groups is 2. The predicted molar refractivity (Wildman–Crippen MR) is 105 cm³/mol. The number of hydrogen-bond donors (Lipinski definition) is 2. The Morgan fingerprint density at radius 1 is 0.889 bits per heavy atom. The van der Waals surface area contributed by atoms with Crippen molar-refractivity contribution in [3.05, 3.63) is 48.2 Å². The van der Waals surface area contributed by atoms with Crippen LogP contribution in [0.2, 0.25) is 0 Å². The zero-order valence-electron chi connectivity index (χ0n) is 15.6. The van der Waals surface area contributed by atoms with E-state index in [9.17, 15) is 9.59 Å². The van der Waals surface area contributed by atoms with E-state index in [0.717, 1.165) is 10.9 Å². The second kappa shape index (κ2) is 7.41. The molecule has 2 N–H and O–H groups in total. The highest BCUT2D eigenvalue weighted by Crippen LogP contribution is 2.35. The van der Waals surface area contributed by atoms with Gasteiger partial charge in [-0.15, -0.1) is 0 Å². The molecule has 27 heavy (non-hydrogen) atoms. The smallest absolute Gasteiger partial charge is 0.272 e. The Hall–Kier alpha value is -3.48. The van der Waals surface area contributed by atoms with E-state index in [-0.39, 0.29) is 11.8 Å². The lowest BCUT2D eigenvalue weighted by Gasteiger charge is -2.10. The van der Waals surface area contributed by atoms with Crippen LogP contribution in [0.1, 0.15) is 17.4 Å². The molecular weight excluding hydrogens is 346 g/mol. The molecule has 3 rings (SSSR count). The van der Waals surface area contributed by atoms with Crippen molar-refractivity contribution >= 4 is 34.1 Å². The maximum absolute atomic E-state index is 12.8. The molecule has 0 unspecified atom stereocenters. The number of benzene rings is 2. The van der Waals surface area contributed by atoms with Crippen molar-refractivity contribution in [3.8, 4) is 11.5 Å². The van der Waals surface area contributed by atoms with Crippen LogP contribution in [0.5, 0.6) is 11.5 Å². The number of amides is 2. The molecule has 0 saturated carbocycles. The Morgan fingerprint density at radius 3 is 2.00 bits per heavy atom. The summed E-state index contributed by atoms with van der Waals surface area (Å²) in [7, 11) is 4.98. The Bertz CT molecular complexity index is 1010. The second-order valence-electron chi connectivity index (χ2n) is 6.03. The quantitative estimate of drug-likeness (QED) is 0.724. The maximum atomic E-state index is 12.8. The van der Waals surface area contributed by atoms with Crippen LogP contribution in [0.15, 0.2) is 42.5 Å². The van der Waals surface area contributed by atoms with Gasteiger partial charge in [0.15, 0.2) is 0 Å². The van der Waals surface area contributed by atoms with Crippen molar-refractivity contribution in [1.29, 1.82) is 0 Å². The van der Waals surface area contributed by atoms with Gasteiger partial charge in [-0.1, -0.05) is 0 Å². The first-order valence-corrected chi connectivity index (χ1v) is 8.34. The largest absolute Gasteiger partial charge is 0.496 e. The van der Waals surface area contributed by atoms with Gasteiger partial charge in [0.25, 0.3) is 5.91 Å². The summed E-state index contributed by atoms with van der Waals surface area (Å²) in [6.45, 7) is 1.44. The normalized spacial score (nSPS) is 10.5. The highest BCUT2D eigenvalue weighted by Gasteiger charge is 2.19. The zero-order valence-corrected chi connectivity index (χ0v) is 15.6. The number of hydrogen-bond acceptors (Lipinski definition) is 4. The molecule has 7 nitrogen and oxygen atoms in total. The van der Waals surface area contributed by atoms with E-state index >= 15 is 0 Å². The van der Waals surface area contributed by atoms with Gasteiger partial charge in [-0.3, -0.25) is 9.59 Å². The number of aryl methyl sites for hydroxylation is 1. The van der Waals surface area contributed by atoms with Crippen LogP contribution >= 0.6 is 0 Å². The van der Waals surface area contributed by atoms with Crippen molar-refractivity contribution in [2.24, 2.45) is 7.05 Å². The van der Waals surface area contributed by atoms with E-state index < -0.39 is 0 Å². The molecule has 0 atom stereocenters. The predicted octanol–water partition coefficient (Wildman–Crippen LogP) is 3.41. The molecule has 1 heterocycles. The fourth-order valence-corrected chi connectivity index (χ4v) is 3.00. The third kappa shape index (κ3) is 3.57. The number of aromatic nitrogens is 1. The lowest BCUT2D eigenvalue weighted by atomic mass is 10.2. The van der Waals surface area contributed by atoms with Crippen molar-refractivity contribution < 1.29 is 19.1 Å². The highest BCUT2D eigenvalue weighted by molar-refractivity contribution is 6.08. The average Bonchev–Trinajstić information content (AvgIpc) is 3.00. The van der Waals surface area contributed by atoms with E-state index in [1.54, 1.807) is 56.2 Å². The number of nitrogens with zero attached hydrogens (tertiary/aromatic N) is 1. The number of anilines is 2. The van der Waals surface area contributed by atoms with Crippen molar-refractivity contribution in [2.75, 3.05) is 24.9 Å². The van der Waals surface area contributed by atoms with Crippen LogP contribution in [-0.4, -0.2) is 30.6 Å². The van der Waals surface area contributed by atoms with Crippen LogP contribution in [-0.2, 0) is 11.8 Å². The fourth-order valence-electron chi connectivity index (χ4n) is 3.00. The SMILES string of the molecule is COc1ccc(OC)c2c1cc(C(=O)Nc1ccc(NC(C)=O)cc1)n2C. The summed E-state index contributed by atoms with van der Waals surface area (Å²) in [6, 6.07) is 12.3. The van der Waals surface area contributed by atoms with Crippen molar-refractivity contribution in [1.82, 2.24) is 4.57 Å². The van der Waals surface area contributed by atoms with Crippen molar-refractivity contribution in [3.63, 3.8) is 0 Å². The van der Waals surface area contributed by atoms with Crippen LogP contribution < -0.4 is 20.1 Å². The van der Waals surface area contributed by atoms with E-state index in [1.165, 1.54) is 6.92 Å². The molecule has 0 fully saturated rings. The molecule has 2 amide bonds. The summed E-state index contributed by atoms with van der Waals surface area (Å²) in [4.78, 5) is 23.9. The van der Waals surface area contributed by atoms with Crippen LogP contribution in [0.3, 0.4) is 0 Å². The summed E-state index contributed by atoms with van der Waals surface area (Å²) >= 11 is 0. The van der Waals surface area contributed by atoms with Crippen LogP contribution in [0.25, 0.3) is 10.9 Å². The van der Waals surface area contributed by atoms with Crippen LogP contribution in [0, 0.1) is 0 Å². The maximum Gasteiger partial charge on any atom is 0.272 e. The lowest BCUT2D eigenvalue weighted by molar-refractivity contribution is -0.114. The van der Waals surface area contributed by atoms with Gasteiger partial charge >= 0.3 is 0 Å². The van der Waals surface area contributed by atoms with Gasteiger partial charge in [-0.05, 0) is 42.5 Å². The number of fused-ring (bicyclic) bond motifs is 1. The van der Waals surface area contributed by atoms with Crippen LogP contribution in [0.4, 0.5) is 11.4 Å². The first kappa shape index (κ1) is 18.3. The summed E-state index contributed by atoms with van der Waals surface area (Å²) in [5.41, 5.74) is 2.54. The van der Waals surface area contributed by atoms with Gasteiger partial charge in [0.2, 0.25) is 5.91 Å². The summed E-state index contributed by atoms with van der Waals surface area (Å²) in [5.74, 6) is 0.919. The van der Waals surface area contributed by atoms with Gasteiger partial charge in [0.1, 0.15) is 17.2 Å². The minimum absolute atomic E-state index is 0.148. The van der Waals surface area contributed by atoms with Gasteiger partial charge in [-0.25, -0.2) is 0 Å². The lowest BCUT2D eigenvalue weighted by Crippen LogP contribution is -2.15. The first-order chi connectivity index (χ1) is 12.9. The molecule has 0 bridgehead atoms. The van der Waals surface area contributed by atoms with E-state index in [1.807, 2.05) is 12.1 Å². The third-order valence-electron chi connectivity index (χ3n) is 4.25. The molecule has 0 spiro atoms. The summed E-state index contributed by atoms with van der Waals surface area (Å²) < 4.78 is 12.6.